The summed E-state index contributed by atoms with van der Waals surface area (Å²) in [4.78, 5) is 16.0. The summed E-state index contributed by atoms with van der Waals surface area (Å²) in [5.74, 6) is 1.36. The van der Waals surface area contributed by atoms with Gasteiger partial charge in [0, 0.05) is 37.0 Å². The molecule has 0 saturated heterocycles. The zero-order chi connectivity index (χ0) is 16.8. The summed E-state index contributed by atoms with van der Waals surface area (Å²) in [5, 5.41) is 10.7. The fourth-order valence-corrected chi connectivity index (χ4v) is 2.11. The molecule has 2 aromatic heterocycles. The summed E-state index contributed by atoms with van der Waals surface area (Å²) in [6.07, 6.45) is 3.92. The van der Waals surface area contributed by atoms with E-state index in [1.54, 1.807) is 37.7 Å². The summed E-state index contributed by atoms with van der Waals surface area (Å²) < 4.78 is 10.7. The second kappa shape index (κ2) is 7.36. The van der Waals surface area contributed by atoms with E-state index in [0.29, 0.717) is 29.6 Å². The zero-order valence-electron chi connectivity index (χ0n) is 13.1. The Bertz CT molecular complexity index is 817. The molecule has 0 aliphatic rings. The molecule has 0 bridgehead atoms. The van der Waals surface area contributed by atoms with Gasteiger partial charge in [0.15, 0.2) is 0 Å². The van der Waals surface area contributed by atoms with Gasteiger partial charge in [-0.3, -0.25) is 9.78 Å². The van der Waals surface area contributed by atoms with Gasteiger partial charge < -0.3 is 14.5 Å². The molecule has 7 heteroatoms. The highest BCUT2D eigenvalue weighted by atomic mass is 16.5. The number of ether oxygens (including phenoxy) is 1. The van der Waals surface area contributed by atoms with Crippen LogP contribution in [-0.2, 0) is 11.2 Å². The first-order valence-electron chi connectivity index (χ1n) is 7.41. The first-order chi connectivity index (χ1) is 11.7. The fraction of sp³-hybridized carbons (Fsp3) is 0.176. The van der Waals surface area contributed by atoms with Crippen molar-refractivity contribution in [3.8, 4) is 17.2 Å². The molecule has 0 aliphatic carbocycles. The predicted octanol–water partition coefficient (Wildman–Crippen LogP) is 2.71. The molecule has 0 spiro atoms. The van der Waals surface area contributed by atoms with Crippen LogP contribution < -0.4 is 10.1 Å². The molecule has 122 valence electrons. The van der Waals surface area contributed by atoms with Gasteiger partial charge in [0.2, 0.25) is 17.7 Å². The number of nitrogens with zero attached hydrogens (tertiary/aromatic N) is 3. The Morgan fingerprint density at radius 2 is 2.17 bits per heavy atom. The Hall–Kier alpha value is -3.22. The third-order valence-electron chi connectivity index (χ3n) is 3.29. The van der Waals surface area contributed by atoms with Crippen LogP contribution in [-0.4, -0.2) is 28.2 Å². The van der Waals surface area contributed by atoms with Gasteiger partial charge in [-0.25, -0.2) is 0 Å². The van der Waals surface area contributed by atoms with Crippen molar-refractivity contribution >= 4 is 11.6 Å². The molecule has 0 atom stereocenters. The minimum atomic E-state index is -0.135. The van der Waals surface area contributed by atoms with Crippen LogP contribution in [0.1, 0.15) is 12.3 Å². The van der Waals surface area contributed by atoms with E-state index in [9.17, 15) is 4.79 Å². The van der Waals surface area contributed by atoms with E-state index >= 15 is 0 Å². The molecule has 0 aliphatic heterocycles. The Labute approximate surface area is 138 Å². The predicted molar refractivity (Wildman–Crippen MR) is 87.5 cm³/mol. The summed E-state index contributed by atoms with van der Waals surface area (Å²) in [7, 11) is 1.58. The van der Waals surface area contributed by atoms with Gasteiger partial charge in [-0.1, -0.05) is 6.07 Å². The number of carbonyl (C=O) groups is 1. The zero-order valence-corrected chi connectivity index (χ0v) is 13.1. The van der Waals surface area contributed by atoms with E-state index < -0.39 is 0 Å². The first kappa shape index (κ1) is 15.7. The summed E-state index contributed by atoms with van der Waals surface area (Å²) in [6, 6.07) is 10.8. The number of pyridine rings is 1. The van der Waals surface area contributed by atoms with Crippen LogP contribution >= 0.6 is 0 Å². The van der Waals surface area contributed by atoms with Crippen molar-refractivity contribution in [2.45, 2.75) is 12.8 Å². The average molecular weight is 324 g/mol. The number of aryl methyl sites for hydroxylation is 1. The van der Waals surface area contributed by atoms with Crippen LogP contribution in [0.25, 0.3) is 11.5 Å². The molecular formula is C17H16N4O3. The lowest BCUT2D eigenvalue weighted by Gasteiger charge is -2.06. The lowest BCUT2D eigenvalue weighted by molar-refractivity contribution is -0.116. The minimum Gasteiger partial charge on any atom is -0.497 e. The van der Waals surface area contributed by atoms with Gasteiger partial charge >= 0.3 is 0 Å². The van der Waals surface area contributed by atoms with Crippen LogP contribution in [0.5, 0.6) is 5.75 Å². The number of hydrogen-bond donors (Lipinski definition) is 1. The topological polar surface area (TPSA) is 90.1 Å². The normalized spacial score (nSPS) is 10.4. The van der Waals surface area contributed by atoms with Crippen molar-refractivity contribution in [1.29, 1.82) is 0 Å². The van der Waals surface area contributed by atoms with E-state index in [2.05, 4.69) is 20.5 Å². The number of carbonyl (C=O) groups excluding carboxylic acids is 1. The fourth-order valence-electron chi connectivity index (χ4n) is 2.11. The number of rotatable bonds is 6. The summed E-state index contributed by atoms with van der Waals surface area (Å²) in [5.41, 5.74) is 1.43. The second-order valence-corrected chi connectivity index (χ2v) is 5.02. The van der Waals surface area contributed by atoms with Crippen LogP contribution in [0.2, 0.25) is 0 Å². The standard InChI is InChI=1S/C17H16N4O3/c1-23-14-6-2-5-13(10-14)19-15(22)7-8-16-20-21-17(24-16)12-4-3-9-18-11-12/h2-6,9-11H,7-8H2,1H3,(H,19,22). The molecule has 3 rings (SSSR count). The van der Waals surface area contributed by atoms with Crippen LogP contribution in [0, 0.1) is 0 Å². The summed E-state index contributed by atoms with van der Waals surface area (Å²) >= 11 is 0. The molecule has 2 heterocycles. The van der Waals surface area contributed by atoms with Gasteiger partial charge in [-0.15, -0.1) is 10.2 Å². The van der Waals surface area contributed by atoms with Crippen LogP contribution in [0.15, 0.2) is 53.2 Å². The van der Waals surface area contributed by atoms with Crippen LogP contribution in [0.4, 0.5) is 5.69 Å². The minimum absolute atomic E-state index is 0.135. The third kappa shape index (κ3) is 3.95. The highest BCUT2D eigenvalue weighted by Crippen LogP contribution is 2.18. The average Bonchev–Trinajstić information content (AvgIpc) is 3.10. The van der Waals surface area contributed by atoms with Gasteiger partial charge in [-0.2, -0.15) is 0 Å². The molecule has 7 nitrogen and oxygen atoms in total. The van der Waals surface area contributed by atoms with Crippen molar-refractivity contribution in [2.75, 3.05) is 12.4 Å². The van der Waals surface area contributed by atoms with E-state index in [-0.39, 0.29) is 12.3 Å². The number of benzene rings is 1. The number of hydrogen-bond acceptors (Lipinski definition) is 6. The van der Waals surface area contributed by atoms with Crippen LogP contribution in [0.3, 0.4) is 0 Å². The van der Waals surface area contributed by atoms with Crippen molar-refractivity contribution in [2.24, 2.45) is 0 Å². The maximum absolute atomic E-state index is 12.0. The van der Waals surface area contributed by atoms with Gasteiger partial charge in [0.1, 0.15) is 5.75 Å². The molecule has 0 radical (unpaired) electrons. The first-order valence-corrected chi connectivity index (χ1v) is 7.41. The molecule has 3 aromatic rings. The second-order valence-electron chi connectivity index (χ2n) is 5.02. The molecule has 24 heavy (non-hydrogen) atoms. The number of amides is 1. The number of methoxy groups -OCH3 is 1. The van der Waals surface area contributed by atoms with E-state index in [4.69, 9.17) is 9.15 Å². The third-order valence-corrected chi connectivity index (χ3v) is 3.29. The molecule has 0 saturated carbocycles. The Morgan fingerprint density at radius 1 is 1.25 bits per heavy atom. The maximum Gasteiger partial charge on any atom is 0.249 e. The summed E-state index contributed by atoms with van der Waals surface area (Å²) in [6.45, 7) is 0. The van der Waals surface area contributed by atoms with Gasteiger partial charge in [-0.05, 0) is 24.3 Å². The molecule has 1 amide bonds. The number of anilines is 1. The Balaban J connectivity index is 1.56. The largest absolute Gasteiger partial charge is 0.497 e. The Kier molecular flexibility index (Phi) is 4.81. The van der Waals surface area contributed by atoms with Crippen molar-refractivity contribution in [3.05, 3.63) is 54.7 Å². The maximum atomic E-state index is 12.0. The lowest BCUT2D eigenvalue weighted by Crippen LogP contribution is -2.12. The number of nitrogens with one attached hydrogen (secondary N) is 1. The SMILES string of the molecule is COc1cccc(NC(=O)CCc2nnc(-c3cccnc3)o2)c1. The van der Waals surface area contributed by atoms with Crippen molar-refractivity contribution in [1.82, 2.24) is 15.2 Å². The quantitative estimate of drug-likeness (QED) is 0.750. The molecule has 0 fully saturated rings. The molecule has 1 aromatic carbocycles. The molecule has 0 unspecified atom stereocenters. The number of aromatic nitrogens is 3. The monoisotopic (exact) mass is 324 g/mol. The van der Waals surface area contributed by atoms with Gasteiger partial charge in [0.05, 0.1) is 12.7 Å². The Morgan fingerprint density at radius 3 is 2.96 bits per heavy atom. The highest BCUT2D eigenvalue weighted by molar-refractivity contribution is 5.90. The van der Waals surface area contributed by atoms with Crippen molar-refractivity contribution < 1.29 is 13.9 Å². The highest BCUT2D eigenvalue weighted by Gasteiger charge is 2.11. The van der Waals surface area contributed by atoms with Gasteiger partial charge in [0.25, 0.3) is 0 Å². The van der Waals surface area contributed by atoms with E-state index in [1.165, 1.54) is 0 Å². The van der Waals surface area contributed by atoms with E-state index in [0.717, 1.165) is 5.56 Å². The van der Waals surface area contributed by atoms with E-state index in [1.807, 2.05) is 18.2 Å². The molecular weight excluding hydrogens is 308 g/mol. The van der Waals surface area contributed by atoms with Crippen molar-refractivity contribution in [3.63, 3.8) is 0 Å². The molecule has 1 N–H and O–H groups in total. The lowest BCUT2D eigenvalue weighted by atomic mass is 10.2. The smallest absolute Gasteiger partial charge is 0.249 e.